The Kier molecular flexibility index (Phi) is 5.99. The van der Waals surface area contributed by atoms with E-state index in [2.05, 4.69) is 0 Å². The number of benzene rings is 3. The molecule has 138 valence electrons. The van der Waals surface area contributed by atoms with Crippen LogP contribution in [0.15, 0.2) is 60.7 Å². The molecule has 0 aliphatic carbocycles. The second-order valence-electron chi connectivity index (χ2n) is 5.81. The van der Waals surface area contributed by atoms with Gasteiger partial charge in [-0.2, -0.15) is 0 Å². The van der Waals surface area contributed by atoms with Gasteiger partial charge in [-0.1, -0.05) is 65.7 Å². The molecule has 0 spiro atoms. The quantitative estimate of drug-likeness (QED) is 0.540. The summed E-state index contributed by atoms with van der Waals surface area (Å²) >= 11 is 12.0. The Balaban J connectivity index is 1.79. The molecule has 3 aromatic carbocycles. The fourth-order valence-electron chi connectivity index (χ4n) is 2.89. The summed E-state index contributed by atoms with van der Waals surface area (Å²) in [6.07, 6.45) is 0. The third kappa shape index (κ3) is 4.07. The average molecular weight is 402 g/mol. The van der Waals surface area contributed by atoms with Gasteiger partial charge in [-0.25, -0.2) is 4.79 Å². The van der Waals surface area contributed by atoms with Crippen LogP contribution in [0.5, 0.6) is 0 Å². The smallest absolute Gasteiger partial charge is 0.341 e. The summed E-state index contributed by atoms with van der Waals surface area (Å²) in [6.45, 7) is 1.90. The molecular formula is C21H17Cl2NO3. The Hall–Kier alpha value is -2.56. The standard InChI is InChI=1S/C21H17Cl2NO3/c1-2-24(18-12-5-8-14-7-3-4-9-15(14)18)19(25)13-27-21(26)20-16(22)10-6-11-17(20)23/h3-12H,2,13H2,1H3. The van der Waals surface area contributed by atoms with Crippen molar-refractivity contribution < 1.29 is 14.3 Å². The molecule has 0 bridgehead atoms. The maximum absolute atomic E-state index is 12.7. The minimum Gasteiger partial charge on any atom is -0.452 e. The lowest BCUT2D eigenvalue weighted by Gasteiger charge is -2.22. The van der Waals surface area contributed by atoms with E-state index >= 15 is 0 Å². The van der Waals surface area contributed by atoms with Crippen LogP contribution in [-0.4, -0.2) is 25.0 Å². The molecule has 0 N–H and O–H groups in total. The van der Waals surface area contributed by atoms with E-state index in [4.69, 9.17) is 27.9 Å². The molecule has 0 atom stereocenters. The van der Waals surface area contributed by atoms with Crippen molar-refractivity contribution in [3.63, 3.8) is 0 Å². The lowest BCUT2D eigenvalue weighted by molar-refractivity contribution is -0.121. The van der Waals surface area contributed by atoms with Gasteiger partial charge in [-0.15, -0.1) is 0 Å². The Bertz CT molecular complexity index is 978. The van der Waals surface area contributed by atoms with Gasteiger partial charge in [0.1, 0.15) is 0 Å². The minimum atomic E-state index is -0.729. The summed E-state index contributed by atoms with van der Waals surface area (Å²) in [4.78, 5) is 26.6. The van der Waals surface area contributed by atoms with Crippen molar-refractivity contribution in [2.75, 3.05) is 18.1 Å². The average Bonchev–Trinajstić information content (AvgIpc) is 2.67. The number of likely N-dealkylation sites (N-methyl/N-ethyl adjacent to an activating group) is 1. The zero-order chi connectivity index (χ0) is 19.4. The van der Waals surface area contributed by atoms with Crippen LogP contribution in [0, 0.1) is 0 Å². The number of esters is 1. The highest BCUT2D eigenvalue weighted by Crippen LogP contribution is 2.27. The molecule has 3 aromatic rings. The van der Waals surface area contributed by atoms with Gasteiger partial charge < -0.3 is 9.64 Å². The largest absolute Gasteiger partial charge is 0.452 e. The molecule has 0 aromatic heterocycles. The summed E-state index contributed by atoms with van der Waals surface area (Å²) in [5, 5.41) is 2.35. The second-order valence-corrected chi connectivity index (χ2v) is 6.62. The van der Waals surface area contributed by atoms with Gasteiger partial charge in [0.2, 0.25) is 0 Å². The van der Waals surface area contributed by atoms with Crippen LogP contribution in [0.25, 0.3) is 10.8 Å². The number of anilines is 1. The van der Waals surface area contributed by atoms with Crippen molar-refractivity contribution in [3.05, 3.63) is 76.3 Å². The Morgan fingerprint density at radius 1 is 0.926 bits per heavy atom. The van der Waals surface area contributed by atoms with Crippen LogP contribution in [0.4, 0.5) is 5.69 Å². The van der Waals surface area contributed by atoms with Crippen molar-refractivity contribution in [1.82, 2.24) is 0 Å². The van der Waals surface area contributed by atoms with Crippen LogP contribution >= 0.6 is 23.2 Å². The molecule has 0 saturated carbocycles. The molecule has 0 unspecified atom stereocenters. The number of rotatable bonds is 5. The van der Waals surface area contributed by atoms with Crippen LogP contribution in [0.2, 0.25) is 10.0 Å². The molecular weight excluding hydrogens is 385 g/mol. The molecule has 0 fully saturated rings. The fraction of sp³-hybridized carbons (Fsp3) is 0.143. The molecule has 27 heavy (non-hydrogen) atoms. The second kappa shape index (κ2) is 8.42. The van der Waals surface area contributed by atoms with Gasteiger partial charge in [0.05, 0.1) is 21.3 Å². The van der Waals surface area contributed by atoms with E-state index in [1.54, 1.807) is 23.1 Å². The summed E-state index contributed by atoms with van der Waals surface area (Å²) in [5.41, 5.74) is 0.828. The van der Waals surface area contributed by atoms with E-state index in [1.165, 1.54) is 0 Å². The van der Waals surface area contributed by atoms with Crippen molar-refractivity contribution in [3.8, 4) is 0 Å². The minimum absolute atomic E-state index is 0.0573. The number of fused-ring (bicyclic) bond motifs is 1. The molecule has 1 amide bonds. The SMILES string of the molecule is CCN(C(=O)COC(=O)c1c(Cl)cccc1Cl)c1cccc2ccccc12. The number of amides is 1. The lowest BCUT2D eigenvalue weighted by atomic mass is 10.1. The normalized spacial score (nSPS) is 10.6. The zero-order valence-electron chi connectivity index (χ0n) is 14.6. The third-order valence-corrected chi connectivity index (χ3v) is 4.80. The molecule has 0 saturated heterocycles. The summed E-state index contributed by atoms with van der Waals surface area (Å²) in [7, 11) is 0. The predicted octanol–water partition coefficient (Wildman–Crippen LogP) is 5.36. The van der Waals surface area contributed by atoms with Crippen LogP contribution in [0.3, 0.4) is 0 Å². The monoisotopic (exact) mass is 401 g/mol. The van der Waals surface area contributed by atoms with Gasteiger partial charge in [-0.3, -0.25) is 4.79 Å². The number of carbonyl (C=O) groups excluding carboxylic acids is 2. The van der Waals surface area contributed by atoms with E-state index in [0.29, 0.717) is 6.54 Å². The lowest BCUT2D eigenvalue weighted by Crippen LogP contribution is -2.34. The molecule has 0 radical (unpaired) electrons. The number of halogens is 2. The maximum atomic E-state index is 12.7. The van der Waals surface area contributed by atoms with Gasteiger partial charge in [0, 0.05) is 11.9 Å². The first-order valence-corrected chi connectivity index (χ1v) is 9.17. The van der Waals surface area contributed by atoms with Gasteiger partial charge in [-0.05, 0) is 30.5 Å². The first-order chi connectivity index (χ1) is 13.0. The molecule has 0 heterocycles. The zero-order valence-corrected chi connectivity index (χ0v) is 16.1. The molecule has 6 heteroatoms. The number of hydrogen-bond donors (Lipinski definition) is 0. The van der Waals surface area contributed by atoms with E-state index in [9.17, 15) is 9.59 Å². The van der Waals surface area contributed by atoms with Crippen molar-refractivity contribution >= 4 is 51.5 Å². The first-order valence-electron chi connectivity index (χ1n) is 8.42. The van der Waals surface area contributed by atoms with Gasteiger partial charge >= 0.3 is 5.97 Å². The number of nitrogens with zero attached hydrogens (tertiary/aromatic N) is 1. The van der Waals surface area contributed by atoms with Crippen LogP contribution in [0.1, 0.15) is 17.3 Å². The van der Waals surface area contributed by atoms with E-state index in [-0.39, 0.29) is 21.5 Å². The number of ether oxygens (including phenoxy) is 1. The molecule has 3 rings (SSSR count). The fourth-order valence-corrected chi connectivity index (χ4v) is 3.45. The highest BCUT2D eigenvalue weighted by Gasteiger charge is 2.21. The summed E-state index contributed by atoms with van der Waals surface area (Å²) < 4.78 is 5.17. The van der Waals surface area contributed by atoms with Crippen molar-refractivity contribution in [2.45, 2.75) is 6.92 Å². The van der Waals surface area contributed by atoms with Crippen LogP contribution in [-0.2, 0) is 9.53 Å². The van der Waals surface area contributed by atoms with Gasteiger partial charge in [0.25, 0.3) is 5.91 Å². The van der Waals surface area contributed by atoms with E-state index < -0.39 is 12.6 Å². The van der Waals surface area contributed by atoms with E-state index in [0.717, 1.165) is 16.5 Å². The topological polar surface area (TPSA) is 46.6 Å². The van der Waals surface area contributed by atoms with Crippen LogP contribution < -0.4 is 4.90 Å². The molecule has 0 aliphatic rings. The predicted molar refractivity (Wildman–Crippen MR) is 109 cm³/mol. The Labute approximate surface area is 167 Å². The highest BCUT2D eigenvalue weighted by atomic mass is 35.5. The van der Waals surface area contributed by atoms with Crippen molar-refractivity contribution in [1.29, 1.82) is 0 Å². The van der Waals surface area contributed by atoms with E-state index in [1.807, 2.05) is 49.4 Å². The summed E-state index contributed by atoms with van der Waals surface area (Å²) in [5.74, 6) is -1.06. The third-order valence-electron chi connectivity index (χ3n) is 4.17. The van der Waals surface area contributed by atoms with Gasteiger partial charge in [0.15, 0.2) is 6.61 Å². The number of carbonyl (C=O) groups is 2. The molecule has 4 nitrogen and oxygen atoms in total. The Morgan fingerprint density at radius 2 is 1.56 bits per heavy atom. The maximum Gasteiger partial charge on any atom is 0.341 e. The molecule has 0 aliphatic heterocycles. The van der Waals surface area contributed by atoms with Crippen molar-refractivity contribution in [2.24, 2.45) is 0 Å². The highest BCUT2D eigenvalue weighted by molar-refractivity contribution is 6.39. The number of hydrogen-bond acceptors (Lipinski definition) is 3. The first kappa shape index (κ1) is 19.2. The summed E-state index contributed by atoms with van der Waals surface area (Å²) in [6, 6.07) is 18.3. The Morgan fingerprint density at radius 3 is 2.26 bits per heavy atom.